The number of nitrogens with zero attached hydrogens (tertiary/aromatic N) is 1. The number of likely N-dealkylation sites (tertiary alicyclic amines) is 1. The summed E-state index contributed by atoms with van der Waals surface area (Å²) in [5, 5.41) is 0. The van der Waals surface area contributed by atoms with Crippen molar-refractivity contribution in [1.29, 1.82) is 0 Å². The van der Waals surface area contributed by atoms with E-state index in [9.17, 15) is 14.4 Å². The van der Waals surface area contributed by atoms with Crippen LogP contribution in [0.3, 0.4) is 0 Å². The van der Waals surface area contributed by atoms with Crippen LogP contribution in [-0.2, 0) is 0 Å². The lowest BCUT2D eigenvalue weighted by Crippen LogP contribution is -2.32. The fourth-order valence-electron chi connectivity index (χ4n) is 2.49. The van der Waals surface area contributed by atoms with Gasteiger partial charge in [-0.2, -0.15) is 0 Å². The first-order chi connectivity index (χ1) is 9.99. The fraction of sp³-hybridized carbons (Fsp3) is 0.400. The molecule has 1 aromatic carbocycles. The Kier molecular flexibility index (Phi) is 4.57. The molecule has 6 heteroatoms. The zero-order valence-corrected chi connectivity index (χ0v) is 11.8. The predicted octanol–water partition coefficient (Wildman–Crippen LogP) is 0.901. The van der Waals surface area contributed by atoms with E-state index in [1.807, 2.05) is 0 Å². The number of carbonyl (C=O) groups excluding carboxylic acids is 3. The Bertz CT molecular complexity index is 543. The normalized spacial score (nSPS) is 15.3. The molecule has 0 saturated carbocycles. The van der Waals surface area contributed by atoms with Gasteiger partial charge in [0.05, 0.1) is 0 Å². The Labute approximate surface area is 123 Å². The van der Waals surface area contributed by atoms with Gasteiger partial charge in [0.2, 0.25) is 11.8 Å². The van der Waals surface area contributed by atoms with Crippen molar-refractivity contribution in [3.05, 3.63) is 34.9 Å². The molecule has 1 aliphatic rings. The van der Waals surface area contributed by atoms with Crippen molar-refractivity contribution in [2.75, 3.05) is 13.1 Å². The Balaban J connectivity index is 2.34. The molecule has 0 aromatic heterocycles. The van der Waals surface area contributed by atoms with Gasteiger partial charge in [0.15, 0.2) is 0 Å². The summed E-state index contributed by atoms with van der Waals surface area (Å²) < 4.78 is 0. The van der Waals surface area contributed by atoms with Gasteiger partial charge in [0.25, 0.3) is 5.91 Å². The number of rotatable bonds is 3. The maximum absolute atomic E-state index is 12.5. The molecule has 1 saturated heterocycles. The number of benzene rings is 1. The minimum atomic E-state index is -0.692. The first-order valence-corrected chi connectivity index (χ1v) is 7.03. The summed E-state index contributed by atoms with van der Waals surface area (Å²) in [6.07, 6.45) is 4.14. The molecule has 21 heavy (non-hydrogen) atoms. The molecule has 0 bridgehead atoms. The van der Waals surface area contributed by atoms with Gasteiger partial charge in [-0.05, 0) is 31.0 Å². The van der Waals surface area contributed by atoms with Gasteiger partial charge in [0, 0.05) is 29.8 Å². The van der Waals surface area contributed by atoms with Crippen molar-refractivity contribution < 1.29 is 14.4 Å². The smallest absolute Gasteiger partial charge is 0.253 e. The summed E-state index contributed by atoms with van der Waals surface area (Å²) in [5.41, 5.74) is 11.0. The standard InChI is InChI=1S/C15H19N3O3/c16-13(19)10-7-11(14(17)20)9-12(8-10)15(21)18-5-3-1-2-4-6-18/h7-9H,1-6H2,(H2,16,19)(H2,17,20). The van der Waals surface area contributed by atoms with E-state index in [0.29, 0.717) is 13.1 Å². The molecule has 4 N–H and O–H groups in total. The number of carbonyl (C=O) groups is 3. The van der Waals surface area contributed by atoms with Crippen LogP contribution in [0.1, 0.15) is 56.8 Å². The summed E-state index contributed by atoms with van der Waals surface area (Å²) in [5.74, 6) is -1.58. The molecule has 1 fully saturated rings. The molecular weight excluding hydrogens is 270 g/mol. The summed E-state index contributed by atoms with van der Waals surface area (Å²) in [7, 11) is 0. The van der Waals surface area contributed by atoms with Gasteiger partial charge in [-0.1, -0.05) is 12.8 Å². The summed E-state index contributed by atoms with van der Waals surface area (Å²) in [4.78, 5) is 36.9. The van der Waals surface area contributed by atoms with E-state index < -0.39 is 11.8 Å². The SMILES string of the molecule is NC(=O)c1cc(C(N)=O)cc(C(=O)N2CCCCCC2)c1. The van der Waals surface area contributed by atoms with Gasteiger partial charge in [-0.15, -0.1) is 0 Å². The van der Waals surface area contributed by atoms with Crippen LogP contribution in [0, 0.1) is 0 Å². The Morgan fingerprint density at radius 1 is 0.762 bits per heavy atom. The van der Waals surface area contributed by atoms with Crippen LogP contribution in [0.25, 0.3) is 0 Å². The van der Waals surface area contributed by atoms with Crippen LogP contribution in [0.2, 0.25) is 0 Å². The quantitative estimate of drug-likeness (QED) is 0.863. The van der Waals surface area contributed by atoms with Gasteiger partial charge in [0.1, 0.15) is 0 Å². The van der Waals surface area contributed by atoms with E-state index in [0.717, 1.165) is 25.7 Å². The largest absolute Gasteiger partial charge is 0.366 e. The van der Waals surface area contributed by atoms with Crippen LogP contribution in [0.5, 0.6) is 0 Å². The fourth-order valence-corrected chi connectivity index (χ4v) is 2.49. The van der Waals surface area contributed by atoms with Gasteiger partial charge < -0.3 is 16.4 Å². The lowest BCUT2D eigenvalue weighted by molar-refractivity contribution is 0.0761. The molecule has 1 aliphatic heterocycles. The molecular formula is C15H19N3O3. The maximum atomic E-state index is 12.5. The van der Waals surface area contributed by atoms with Crippen molar-refractivity contribution in [3.63, 3.8) is 0 Å². The van der Waals surface area contributed by atoms with E-state index in [2.05, 4.69) is 0 Å². The average molecular weight is 289 g/mol. The van der Waals surface area contributed by atoms with E-state index >= 15 is 0 Å². The lowest BCUT2D eigenvalue weighted by Gasteiger charge is -2.20. The minimum absolute atomic E-state index is 0.115. The molecule has 0 aliphatic carbocycles. The molecule has 0 radical (unpaired) electrons. The Morgan fingerprint density at radius 2 is 1.19 bits per heavy atom. The number of nitrogens with two attached hydrogens (primary N) is 2. The third kappa shape index (κ3) is 3.59. The maximum Gasteiger partial charge on any atom is 0.253 e. The molecule has 0 unspecified atom stereocenters. The second-order valence-corrected chi connectivity index (χ2v) is 5.23. The predicted molar refractivity (Wildman–Crippen MR) is 77.8 cm³/mol. The Hall–Kier alpha value is -2.37. The van der Waals surface area contributed by atoms with E-state index in [1.54, 1.807) is 4.90 Å². The van der Waals surface area contributed by atoms with E-state index in [-0.39, 0.29) is 22.6 Å². The van der Waals surface area contributed by atoms with Crippen LogP contribution in [0.4, 0.5) is 0 Å². The molecule has 0 spiro atoms. The van der Waals surface area contributed by atoms with Crippen LogP contribution in [0.15, 0.2) is 18.2 Å². The van der Waals surface area contributed by atoms with Gasteiger partial charge in [-0.25, -0.2) is 0 Å². The van der Waals surface area contributed by atoms with Crippen molar-refractivity contribution in [1.82, 2.24) is 4.90 Å². The van der Waals surface area contributed by atoms with E-state index in [1.165, 1.54) is 18.2 Å². The number of hydrogen-bond acceptors (Lipinski definition) is 3. The zero-order chi connectivity index (χ0) is 15.4. The number of primary amides is 2. The lowest BCUT2D eigenvalue weighted by atomic mass is 10.0. The number of hydrogen-bond donors (Lipinski definition) is 2. The van der Waals surface area contributed by atoms with Crippen molar-refractivity contribution in [2.45, 2.75) is 25.7 Å². The first-order valence-electron chi connectivity index (χ1n) is 7.03. The molecule has 1 aromatic rings. The van der Waals surface area contributed by atoms with Crippen LogP contribution >= 0.6 is 0 Å². The number of amides is 3. The van der Waals surface area contributed by atoms with Crippen molar-refractivity contribution >= 4 is 17.7 Å². The minimum Gasteiger partial charge on any atom is -0.366 e. The van der Waals surface area contributed by atoms with Crippen LogP contribution < -0.4 is 11.5 Å². The van der Waals surface area contributed by atoms with Crippen molar-refractivity contribution in [2.24, 2.45) is 11.5 Å². The zero-order valence-electron chi connectivity index (χ0n) is 11.8. The topological polar surface area (TPSA) is 106 Å². The molecule has 6 nitrogen and oxygen atoms in total. The third-order valence-electron chi connectivity index (χ3n) is 3.64. The van der Waals surface area contributed by atoms with Gasteiger partial charge >= 0.3 is 0 Å². The summed E-state index contributed by atoms with van der Waals surface area (Å²) >= 11 is 0. The molecule has 0 atom stereocenters. The van der Waals surface area contributed by atoms with Crippen molar-refractivity contribution in [3.8, 4) is 0 Å². The highest BCUT2D eigenvalue weighted by atomic mass is 16.2. The monoisotopic (exact) mass is 289 g/mol. The third-order valence-corrected chi connectivity index (χ3v) is 3.64. The average Bonchev–Trinajstić information content (AvgIpc) is 2.74. The molecule has 1 heterocycles. The van der Waals surface area contributed by atoms with Gasteiger partial charge in [-0.3, -0.25) is 14.4 Å². The molecule has 2 rings (SSSR count). The molecule has 112 valence electrons. The summed E-state index contributed by atoms with van der Waals surface area (Å²) in [6, 6.07) is 4.15. The highest BCUT2D eigenvalue weighted by molar-refractivity contribution is 6.03. The second kappa shape index (κ2) is 6.39. The Morgan fingerprint density at radius 3 is 1.62 bits per heavy atom. The molecule has 3 amide bonds. The highest BCUT2D eigenvalue weighted by Gasteiger charge is 2.20. The highest BCUT2D eigenvalue weighted by Crippen LogP contribution is 2.16. The van der Waals surface area contributed by atoms with E-state index in [4.69, 9.17) is 11.5 Å². The second-order valence-electron chi connectivity index (χ2n) is 5.23. The van der Waals surface area contributed by atoms with Crippen LogP contribution in [-0.4, -0.2) is 35.7 Å². The first kappa shape index (κ1) is 15.0. The summed E-state index contributed by atoms with van der Waals surface area (Å²) in [6.45, 7) is 1.37.